The van der Waals surface area contributed by atoms with E-state index < -0.39 is 0 Å². The quantitative estimate of drug-likeness (QED) is 0.924. The number of amides is 1. The van der Waals surface area contributed by atoms with Crippen LogP contribution in [-0.2, 0) is 0 Å². The molecule has 0 atom stereocenters. The van der Waals surface area contributed by atoms with Crippen LogP contribution in [-0.4, -0.2) is 35.4 Å². The van der Waals surface area contributed by atoms with Gasteiger partial charge in [-0.1, -0.05) is 13.8 Å². The largest absolute Gasteiger partial charge is 0.370 e. The molecule has 0 aromatic carbocycles. The number of pyridine rings is 1. The van der Waals surface area contributed by atoms with Crippen molar-refractivity contribution in [3.05, 3.63) is 23.4 Å². The first-order chi connectivity index (χ1) is 10.0. The van der Waals surface area contributed by atoms with Crippen molar-refractivity contribution >= 4 is 11.7 Å². The summed E-state index contributed by atoms with van der Waals surface area (Å²) in [4.78, 5) is 19.0. The van der Waals surface area contributed by atoms with Crippen molar-refractivity contribution in [1.29, 1.82) is 0 Å². The van der Waals surface area contributed by atoms with Crippen LogP contribution in [0.3, 0.4) is 0 Å². The van der Waals surface area contributed by atoms with Crippen LogP contribution in [0.15, 0.2) is 12.1 Å². The molecule has 4 heteroatoms. The molecule has 1 aromatic heterocycles. The first kappa shape index (κ1) is 15.8. The smallest absolute Gasteiger partial charge is 0.254 e. The molecule has 2 heterocycles. The number of likely N-dealkylation sites (tertiary alicyclic amines) is 1. The van der Waals surface area contributed by atoms with Gasteiger partial charge in [-0.25, -0.2) is 4.98 Å². The van der Waals surface area contributed by atoms with E-state index in [1.807, 2.05) is 30.9 Å². The van der Waals surface area contributed by atoms with E-state index in [9.17, 15) is 4.79 Å². The molecule has 0 aliphatic carbocycles. The van der Waals surface area contributed by atoms with Gasteiger partial charge in [0.15, 0.2) is 0 Å². The summed E-state index contributed by atoms with van der Waals surface area (Å²) in [6, 6.07) is 3.76. The van der Waals surface area contributed by atoms with Gasteiger partial charge in [0.1, 0.15) is 5.82 Å². The third-order valence-electron chi connectivity index (χ3n) is 4.33. The van der Waals surface area contributed by atoms with Crippen molar-refractivity contribution in [2.24, 2.45) is 11.8 Å². The molecular formula is C17H27N3O. The summed E-state index contributed by atoms with van der Waals surface area (Å²) >= 11 is 0. The molecule has 1 fully saturated rings. The maximum Gasteiger partial charge on any atom is 0.254 e. The van der Waals surface area contributed by atoms with E-state index in [0.717, 1.165) is 55.5 Å². The molecule has 1 aliphatic rings. The first-order valence-corrected chi connectivity index (χ1v) is 8.03. The second-order valence-electron chi connectivity index (χ2n) is 6.29. The number of aromatic nitrogens is 1. The fraction of sp³-hybridized carbons (Fsp3) is 0.647. The molecule has 1 aliphatic heterocycles. The number of nitrogens with zero attached hydrogens (tertiary/aromatic N) is 2. The average molecular weight is 289 g/mol. The lowest BCUT2D eigenvalue weighted by Crippen LogP contribution is -2.39. The number of hydrogen-bond acceptors (Lipinski definition) is 3. The third-order valence-corrected chi connectivity index (χ3v) is 4.33. The number of piperidine rings is 1. The average Bonchev–Trinajstić information content (AvgIpc) is 2.46. The van der Waals surface area contributed by atoms with Crippen LogP contribution in [0.1, 0.15) is 49.7 Å². The lowest BCUT2D eigenvalue weighted by Gasteiger charge is -2.34. The van der Waals surface area contributed by atoms with Crippen LogP contribution in [0.2, 0.25) is 0 Å². The fourth-order valence-corrected chi connectivity index (χ4v) is 3.02. The molecule has 0 saturated carbocycles. The standard InChI is InChI=1S/C17H27N3O/c1-5-18-16-11-15(10-13(4)19-16)17(21)20-8-6-14(7-9-20)12(2)3/h10-12,14H,5-9H2,1-4H3,(H,18,19). The number of carbonyl (C=O) groups is 1. The van der Waals surface area contributed by atoms with Gasteiger partial charge in [0, 0.05) is 30.9 Å². The number of aryl methyl sites for hydroxylation is 1. The van der Waals surface area contributed by atoms with Crippen LogP contribution in [0.5, 0.6) is 0 Å². The van der Waals surface area contributed by atoms with Gasteiger partial charge < -0.3 is 10.2 Å². The third kappa shape index (κ3) is 3.96. The Morgan fingerprint density at radius 2 is 2.05 bits per heavy atom. The van der Waals surface area contributed by atoms with Crippen molar-refractivity contribution in [1.82, 2.24) is 9.88 Å². The van der Waals surface area contributed by atoms with E-state index in [0.29, 0.717) is 5.92 Å². The molecule has 2 rings (SSSR count). The Hall–Kier alpha value is -1.58. The minimum absolute atomic E-state index is 0.141. The predicted molar refractivity (Wildman–Crippen MR) is 86.6 cm³/mol. The Morgan fingerprint density at radius 3 is 2.62 bits per heavy atom. The normalized spacial score (nSPS) is 16.3. The Morgan fingerprint density at radius 1 is 1.38 bits per heavy atom. The molecular weight excluding hydrogens is 262 g/mol. The number of hydrogen-bond donors (Lipinski definition) is 1. The lowest BCUT2D eigenvalue weighted by molar-refractivity contribution is 0.0667. The van der Waals surface area contributed by atoms with Gasteiger partial charge in [0.05, 0.1) is 0 Å². The molecule has 1 aromatic rings. The summed E-state index contributed by atoms with van der Waals surface area (Å²) in [6.45, 7) is 11.1. The minimum atomic E-state index is 0.141. The SMILES string of the molecule is CCNc1cc(C(=O)N2CCC(C(C)C)CC2)cc(C)n1. The Bertz CT molecular complexity index is 491. The topological polar surface area (TPSA) is 45.2 Å². The highest BCUT2D eigenvalue weighted by Crippen LogP contribution is 2.25. The molecule has 0 unspecified atom stereocenters. The van der Waals surface area contributed by atoms with Crippen LogP contribution < -0.4 is 5.32 Å². The molecule has 4 nitrogen and oxygen atoms in total. The number of rotatable bonds is 4. The number of anilines is 1. The zero-order chi connectivity index (χ0) is 15.4. The zero-order valence-corrected chi connectivity index (χ0v) is 13.6. The van der Waals surface area contributed by atoms with Crippen molar-refractivity contribution < 1.29 is 4.79 Å². The predicted octanol–water partition coefficient (Wildman–Crippen LogP) is 3.33. The Kier molecular flexibility index (Phi) is 5.21. The summed E-state index contributed by atoms with van der Waals surface area (Å²) in [6.07, 6.45) is 2.24. The van der Waals surface area contributed by atoms with Crippen LogP contribution in [0.4, 0.5) is 5.82 Å². The van der Waals surface area contributed by atoms with Crippen molar-refractivity contribution in [3.63, 3.8) is 0 Å². The highest BCUT2D eigenvalue weighted by atomic mass is 16.2. The summed E-state index contributed by atoms with van der Waals surface area (Å²) in [5, 5.41) is 3.19. The highest BCUT2D eigenvalue weighted by molar-refractivity contribution is 5.95. The van der Waals surface area contributed by atoms with Gasteiger partial charge in [0.25, 0.3) is 5.91 Å². The molecule has 0 bridgehead atoms. The van der Waals surface area contributed by atoms with E-state index in [1.165, 1.54) is 0 Å². The van der Waals surface area contributed by atoms with Gasteiger partial charge in [-0.2, -0.15) is 0 Å². The second-order valence-corrected chi connectivity index (χ2v) is 6.29. The fourth-order valence-electron chi connectivity index (χ4n) is 3.02. The molecule has 0 radical (unpaired) electrons. The monoisotopic (exact) mass is 289 g/mol. The molecule has 116 valence electrons. The first-order valence-electron chi connectivity index (χ1n) is 8.03. The van der Waals surface area contributed by atoms with Crippen molar-refractivity contribution in [2.45, 2.75) is 40.5 Å². The van der Waals surface area contributed by atoms with Gasteiger partial charge >= 0.3 is 0 Å². The summed E-state index contributed by atoms with van der Waals surface area (Å²) in [7, 11) is 0. The molecule has 0 spiro atoms. The van der Waals surface area contributed by atoms with Crippen molar-refractivity contribution in [3.8, 4) is 0 Å². The molecule has 1 amide bonds. The van der Waals surface area contributed by atoms with Crippen LogP contribution in [0, 0.1) is 18.8 Å². The summed E-state index contributed by atoms with van der Waals surface area (Å²) in [5.41, 5.74) is 1.63. The molecule has 1 saturated heterocycles. The van der Waals surface area contributed by atoms with E-state index in [2.05, 4.69) is 24.1 Å². The summed E-state index contributed by atoms with van der Waals surface area (Å²) in [5.74, 6) is 2.40. The van der Waals surface area contributed by atoms with E-state index >= 15 is 0 Å². The van der Waals surface area contributed by atoms with Crippen LogP contribution >= 0.6 is 0 Å². The Balaban J connectivity index is 2.07. The maximum absolute atomic E-state index is 12.7. The molecule has 21 heavy (non-hydrogen) atoms. The summed E-state index contributed by atoms with van der Waals surface area (Å²) < 4.78 is 0. The number of carbonyl (C=O) groups excluding carboxylic acids is 1. The number of nitrogens with one attached hydrogen (secondary N) is 1. The van der Waals surface area contributed by atoms with E-state index in [-0.39, 0.29) is 5.91 Å². The zero-order valence-electron chi connectivity index (χ0n) is 13.6. The maximum atomic E-state index is 12.7. The van der Waals surface area contributed by atoms with Gasteiger partial charge in [-0.15, -0.1) is 0 Å². The van der Waals surface area contributed by atoms with Crippen molar-refractivity contribution in [2.75, 3.05) is 25.0 Å². The second kappa shape index (κ2) is 6.92. The Labute approximate surface area is 127 Å². The van der Waals surface area contributed by atoms with E-state index in [4.69, 9.17) is 0 Å². The van der Waals surface area contributed by atoms with E-state index in [1.54, 1.807) is 0 Å². The minimum Gasteiger partial charge on any atom is -0.370 e. The highest BCUT2D eigenvalue weighted by Gasteiger charge is 2.25. The lowest BCUT2D eigenvalue weighted by atomic mass is 9.86. The van der Waals surface area contributed by atoms with Gasteiger partial charge in [-0.05, 0) is 50.7 Å². The van der Waals surface area contributed by atoms with Gasteiger partial charge in [0.2, 0.25) is 0 Å². The molecule has 1 N–H and O–H groups in total. The van der Waals surface area contributed by atoms with Crippen LogP contribution in [0.25, 0.3) is 0 Å². The van der Waals surface area contributed by atoms with Gasteiger partial charge in [-0.3, -0.25) is 4.79 Å².